The summed E-state index contributed by atoms with van der Waals surface area (Å²) in [4.78, 5) is 12.2. The molecule has 4 aliphatic rings. The monoisotopic (exact) mass is 318 g/mol. The summed E-state index contributed by atoms with van der Waals surface area (Å²) in [5, 5.41) is 10.0. The van der Waals surface area contributed by atoms with E-state index in [1.54, 1.807) is 0 Å². The average molecular weight is 319 g/mol. The first kappa shape index (κ1) is 16.0. The molecule has 0 aromatic rings. The lowest BCUT2D eigenvalue weighted by Crippen LogP contribution is -2.60. The van der Waals surface area contributed by atoms with Crippen molar-refractivity contribution in [3.8, 4) is 0 Å². The molecule has 4 rings (SSSR count). The topological polar surface area (TPSA) is 37.3 Å². The van der Waals surface area contributed by atoms with Gasteiger partial charge < -0.3 is 5.11 Å². The van der Waals surface area contributed by atoms with E-state index in [2.05, 4.69) is 27.7 Å². The maximum atomic E-state index is 12.2. The highest BCUT2D eigenvalue weighted by Crippen LogP contribution is 2.73. The van der Waals surface area contributed by atoms with Crippen LogP contribution < -0.4 is 0 Å². The molecule has 0 saturated heterocycles. The summed E-state index contributed by atoms with van der Waals surface area (Å²) in [6, 6.07) is 0. The fourth-order valence-electron chi connectivity index (χ4n) is 8.42. The molecule has 0 amide bonds. The van der Waals surface area contributed by atoms with Gasteiger partial charge in [-0.05, 0) is 91.3 Å². The fourth-order valence-corrected chi connectivity index (χ4v) is 8.42. The number of aliphatic carboxylic acids is 1. The Morgan fingerprint density at radius 2 is 1.70 bits per heavy atom. The minimum absolute atomic E-state index is 0.0147. The molecule has 0 aromatic heterocycles. The Bertz CT molecular complexity index is 520. The van der Waals surface area contributed by atoms with E-state index in [1.165, 1.54) is 38.5 Å². The van der Waals surface area contributed by atoms with Gasteiger partial charge in [-0.15, -0.1) is 0 Å². The van der Waals surface area contributed by atoms with Crippen LogP contribution in [0.1, 0.15) is 79.1 Å². The standard InChI is InChI=1S/C21H34O2/c1-13-11-21-10-8-16-19(2,3)9-7-15(18(22)23)20(16,4)17(21)6-5-14(13)12-21/h13-17H,5-12H2,1-4H3,(H,22,23)/t13-,14+,15?,16+,17+,20+,21+/m1/s1. The fraction of sp³-hybridized carbons (Fsp3) is 0.952. The molecule has 4 aliphatic carbocycles. The van der Waals surface area contributed by atoms with Crippen molar-refractivity contribution < 1.29 is 9.90 Å². The van der Waals surface area contributed by atoms with Crippen molar-refractivity contribution in [3.05, 3.63) is 0 Å². The van der Waals surface area contributed by atoms with Crippen LogP contribution in [0.4, 0.5) is 0 Å². The highest BCUT2D eigenvalue weighted by molar-refractivity contribution is 5.71. The first-order valence-electron chi connectivity index (χ1n) is 9.93. The molecule has 0 heterocycles. The van der Waals surface area contributed by atoms with Gasteiger partial charge in [0.05, 0.1) is 5.92 Å². The van der Waals surface area contributed by atoms with Crippen LogP contribution in [-0.2, 0) is 4.79 Å². The molecule has 2 heteroatoms. The van der Waals surface area contributed by atoms with Crippen molar-refractivity contribution in [1.29, 1.82) is 0 Å². The summed E-state index contributed by atoms with van der Waals surface area (Å²) in [6.45, 7) is 9.67. The zero-order chi connectivity index (χ0) is 16.6. The van der Waals surface area contributed by atoms with E-state index in [0.717, 1.165) is 24.7 Å². The summed E-state index contributed by atoms with van der Waals surface area (Å²) < 4.78 is 0. The van der Waals surface area contributed by atoms with Gasteiger partial charge in [0, 0.05) is 0 Å². The van der Waals surface area contributed by atoms with E-state index in [4.69, 9.17) is 0 Å². The van der Waals surface area contributed by atoms with E-state index >= 15 is 0 Å². The highest BCUT2D eigenvalue weighted by Gasteiger charge is 2.66. The van der Waals surface area contributed by atoms with E-state index in [1.807, 2.05) is 0 Å². The second-order valence-electron chi connectivity index (χ2n) is 10.5. The minimum atomic E-state index is -0.516. The highest BCUT2D eigenvalue weighted by atomic mass is 16.4. The van der Waals surface area contributed by atoms with E-state index < -0.39 is 5.97 Å². The maximum Gasteiger partial charge on any atom is 0.307 e. The molecule has 1 spiro atoms. The molecule has 4 fully saturated rings. The van der Waals surface area contributed by atoms with Crippen LogP contribution in [0.15, 0.2) is 0 Å². The average Bonchev–Trinajstić information content (AvgIpc) is 2.67. The number of fused-ring (bicyclic) bond motifs is 3. The van der Waals surface area contributed by atoms with Crippen LogP contribution in [0.5, 0.6) is 0 Å². The number of carboxylic acids is 1. The molecule has 1 N–H and O–H groups in total. The van der Waals surface area contributed by atoms with Crippen LogP contribution in [0.2, 0.25) is 0 Å². The molecule has 0 aromatic carbocycles. The molecule has 0 aliphatic heterocycles. The summed E-state index contributed by atoms with van der Waals surface area (Å²) in [5.74, 6) is 2.39. The van der Waals surface area contributed by atoms with Crippen LogP contribution in [0.25, 0.3) is 0 Å². The molecule has 2 nitrogen and oxygen atoms in total. The van der Waals surface area contributed by atoms with Crippen LogP contribution in [0.3, 0.4) is 0 Å². The van der Waals surface area contributed by atoms with Crippen molar-refractivity contribution in [2.75, 3.05) is 0 Å². The Labute approximate surface area is 141 Å². The molecule has 23 heavy (non-hydrogen) atoms. The molecule has 2 bridgehead atoms. The summed E-state index contributed by atoms with van der Waals surface area (Å²) >= 11 is 0. The minimum Gasteiger partial charge on any atom is -0.481 e. The van der Waals surface area contributed by atoms with Gasteiger partial charge in [-0.3, -0.25) is 4.79 Å². The van der Waals surface area contributed by atoms with E-state index in [9.17, 15) is 9.90 Å². The lowest BCUT2D eigenvalue weighted by Gasteiger charge is -2.65. The van der Waals surface area contributed by atoms with Crippen molar-refractivity contribution in [1.82, 2.24) is 0 Å². The SMILES string of the molecule is C[C@@H]1C[C@]23CC[C@H]4C(C)(C)CCC(C(=O)O)[C@]4(C)[C@@H]2CC[C@H]1C3. The van der Waals surface area contributed by atoms with Gasteiger partial charge >= 0.3 is 5.97 Å². The predicted octanol–water partition coefficient (Wildman–Crippen LogP) is 5.37. The third kappa shape index (κ3) is 1.96. The number of hydrogen-bond acceptors (Lipinski definition) is 1. The number of hydrogen-bond donors (Lipinski definition) is 1. The Kier molecular flexibility index (Phi) is 3.30. The smallest absolute Gasteiger partial charge is 0.307 e. The normalized spacial score (nSPS) is 54.2. The quantitative estimate of drug-likeness (QED) is 0.706. The largest absolute Gasteiger partial charge is 0.481 e. The van der Waals surface area contributed by atoms with E-state index in [-0.39, 0.29) is 11.3 Å². The van der Waals surface area contributed by atoms with Crippen LogP contribution >= 0.6 is 0 Å². The van der Waals surface area contributed by atoms with Crippen molar-refractivity contribution in [2.45, 2.75) is 79.1 Å². The summed E-state index contributed by atoms with van der Waals surface area (Å²) in [7, 11) is 0. The summed E-state index contributed by atoms with van der Waals surface area (Å²) in [5.41, 5.74) is 0.805. The van der Waals surface area contributed by atoms with Gasteiger partial charge in [0.1, 0.15) is 0 Å². The third-order valence-electron chi connectivity index (χ3n) is 9.27. The summed E-state index contributed by atoms with van der Waals surface area (Å²) in [6.07, 6.45) is 10.0. The van der Waals surface area contributed by atoms with Gasteiger partial charge in [-0.2, -0.15) is 0 Å². The van der Waals surface area contributed by atoms with Gasteiger partial charge in [-0.25, -0.2) is 0 Å². The van der Waals surface area contributed by atoms with Gasteiger partial charge in [0.25, 0.3) is 0 Å². The van der Waals surface area contributed by atoms with E-state index in [0.29, 0.717) is 22.7 Å². The van der Waals surface area contributed by atoms with Crippen molar-refractivity contribution in [2.24, 2.45) is 45.8 Å². The molecule has 1 unspecified atom stereocenters. The van der Waals surface area contributed by atoms with Gasteiger partial charge in [0.15, 0.2) is 0 Å². The third-order valence-corrected chi connectivity index (χ3v) is 9.27. The second kappa shape index (κ2) is 4.76. The van der Waals surface area contributed by atoms with Gasteiger partial charge in [0.2, 0.25) is 0 Å². The zero-order valence-corrected chi connectivity index (χ0v) is 15.4. The van der Waals surface area contributed by atoms with Crippen molar-refractivity contribution >= 4 is 5.97 Å². The van der Waals surface area contributed by atoms with Crippen LogP contribution in [-0.4, -0.2) is 11.1 Å². The van der Waals surface area contributed by atoms with Gasteiger partial charge in [-0.1, -0.05) is 27.7 Å². The maximum absolute atomic E-state index is 12.2. The second-order valence-corrected chi connectivity index (χ2v) is 10.5. The lowest BCUT2D eigenvalue weighted by atomic mass is 9.38. The molecule has 4 saturated carbocycles. The molecule has 7 atom stereocenters. The zero-order valence-electron chi connectivity index (χ0n) is 15.4. The van der Waals surface area contributed by atoms with Crippen molar-refractivity contribution in [3.63, 3.8) is 0 Å². The first-order valence-corrected chi connectivity index (χ1v) is 9.93. The van der Waals surface area contributed by atoms with Crippen LogP contribution in [0, 0.1) is 45.8 Å². The molecular formula is C21H34O2. The Hall–Kier alpha value is -0.530. The first-order chi connectivity index (χ1) is 10.7. The number of rotatable bonds is 1. The lowest BCUT2D eigenvalue weighted by molar-refractivity contribution is -0.192. The molecule has 0 radical (unpaired) electrons. The Morgan fingerprint density at radius 1 is 0.957 bits per heavy atom. The molecule has 130 valence electrons. The molecular weight excluding hydrogens is 284 g/mol. The number of carboxylic acid groups (broad SMARTS) is 1. The number of carbonyl (C=O) groups is 1. The Balaban J connectivity index is 1.80. The predicted molar refractivity (Wildman–Crippen MR) is 92.0 cm³/mol. The Morgan fingerprint density at radius 3 is 2.39 bits per heavy atom.